The summed E-state index contributed by atoms with van der Waals surface area (Å²) in [5, 5.41) is 0. The van der Waals surface area contributed by atoms with Crippen LogP contribution in [0.25, 0.3) is 0 Å². The van der Waals surface area contributed by atoms with Gasteiger partial charge in [0.05, 0.1) is 0 Å². The molecule has 0 aromatic rings. The van der Waals surface area contributed by atoms with Gasteiger partial charge in [-0.1, -0.05) is 0 Å². The molecule has 4 aliphatic rings. The van der Waals surface area contributed by atoms with Crippen molar-refractivity contribution in [2.45, 2.75) is 45.3 Å². The van der Waals surface area contributed by atoms with E-state index in [9.17, 15) is 4.79 Å². The van der Waals surface area contributed by atoms with Crippen LogP contribution in [0.1, 0.15) is 33.6 Å². The molecule has 1 unspecified atom stereocenters. The van der Waals surface area contributed by atoms with Gasteiger partial charge in [-0.3, -0.25) is 0 Å². The predicted octanol–water partition coefficient (Wildman–Crippen LogP) is 1.84. The van der Waals surface area contributed by atoms with Gasteiger partial charge in [0, 0.05) is 12.6 Å². The largest absolute Gasteiger partial charge is 0.444 e. The zero-order valence-corrected chi connectivity index (χ0v) is 11.6. The molecule has 2 saturated carbocycles. The number of ether oxygens (including phenoxy) is 1. The third-order valence-corrected chi connectivity index (χ3v) is 4.77. The lowest BCUT2D eigenvalue weighted by Gasteiger charge is -2.37. The van der Waals surface area contributed by atoms with Gasteiger partial charge in [0.25, 0.3) is 0 Å². The number of fused-ring (bicyclic) bond motifs is 1. The molecule has 2 aliphatic heterocycles. The van der Waals surface area contributed by atoms with E-state index < -0.39 is 0 Å². The lowest BCUT2D eigenvalue weighted by molar-refractivity contribution is 0.0185. The maximum absolute atomic E-state index is 12.1. The molecule has 0 radical (unpaired) electrons. The van der Waals surface area contributed by atoms with Crippen molar-refractivity contribution in [3.05, 3.63) is 0 Å². The number of rotatable bonds is 2. The zero-order valence-electron chi connectivity index (χ0n) is 11.6. The fourth-order valence-corrected chi connectivity index (χ4v) is 3.84. The van der Waals surface area contributed by atoms with Crippen LogP contribution in [0.3, 0.4) is 0 Å². The quantitative estimate of drug-likeness (QED) is 0.816. The number of hydrogen-bond donors (Lipinski definition) is 1. The van der Waals surface area contributed by atoms with Gasteiger partial charge < -0.3 is 15.4 Å². The molecule has 2 bridgehead atoms. The molecular formula is C14H24N2O2. The third-order valence-electron chi connectivity index (χ3n) is 4.77. The van der Waals surface area contributed by atoms with Gasteiger partial charge in [-0.2, -0.15) is 0 Å². The normalized spacial score (nSPS) is 41.6. The lowest BCUT2D eigenvalue weighted by Crippen LogP contribution is -2.44. The second-order valence-electron chi connectivity index (χ2n) is 7.17. The van der Waals surface area contributed by atoms with Crippen LogP contribution in [0.5, 0.6) is 0 Å². The number of hydrogen-bond acceptors (Lipinski definition) is 3. The highest BCUT2D eigenvalue weighted by Crippen LogP contribution is 2.59. The Morgan fingerprint density at radius 1 is 1.39 bits per heavy atom. The number of amides is 1. The summed E-state index contributed by atoms with van der Waals surface area (Å²) in [4.78, 5) is 14.1. The summed E-state index contributed by atoms with van der Waals surface area (Å²) in [6, 6.07) is 0.436. The molecule has 4 fully saturated rings. The van der Waals surface area contributed by atoms with Gasteiger partial charge in [0.15, 0.2) is 0 Å². The van der Waals surface area contributed by atoms with E-state index in [1.165, 1.54) is 12.8 Å². The van der Waals surface area contributed by atoms with Crippen molar-refractivity contribution >= 4 is 6.09 Å². The van der Waals surface area contributed by atoms with E-state index >= 15 is 0 Å². The molecule has 4 heteroatoms. The Kier molecular flexibility index (Phi) is 2.63. The fourth-order valence-electron chi connectivity index (χ4n) is 3.84. The van der Waals surface area contributed by atoms with E-state index in [4.69, 9.17) is 10.5 Å². The van der Waals surface area contributed by atoms with Gasteiger partial charge in [-0.15, -0.1) is 0 Å². The number of nitrogens with two attached hydrogens (primary N) is 1. The highest BCUT2D eigenvalue weighted by atomic mass is 16.6. The Morgan fingerprint density at radius 3 is 2.67 bits per heavy atom. The average Bonchev–Trinajstić information content (AvgIpc) is 2.72. The van der Waals surface area contributed by atoms with Crippen LogP contribution in [-0.4, -0.2) is 35.7 Å². The number of carbonyl (C=O) groups excluding carboxylic acids is 1. The predicted molar refractivity (Wildman–Crippen MR) is 69.0 cm³/mol. The second kappa shape index (κ2) is 3.86. The molecule has 2 N–H and O–H groups in total. The number of nitrogens with zero attached hydrogens (tertiary/aromatic N) is 1. The zero-order chi connectivity index (χ0) is 13.1. The van der Waals surface area contributed by atoms with Crippen LogP contribution >= 0.6 is 0 Å². The maximum atomic E-state index is 12.1. The summed E-state index contributed by atoms with van der Waals surface area (Å²) in [5.41, 5.74) is 5.33. The van der Waals surface area contributed by atoms with Crippen LogP contribution in [0, 0.1) is 23.7 Å². The van der Waals surface area contributed by atoms with Crippen molar-refractivity contribution < 1.29 is 9.53 Å². The molecule has 2 aliphatic carbocycles. The van der Waals surface area contributed by atoms with E-state index in [1.807, 2.05) is 25.7 Å². The topological polar surface area (TPSA) is 55.6 Å². The molecule has 0 spiro atoms. The van der Waals surface area contributed by atoms with Gasteiger partial charge in [-0.05, 0) is 63.8 Å². The summed E-state index contributed by atoms with van der Waals surface area (Å²) in [6.07, 6.45) is 2.33. The van der Waals surface area contributed by atoms with E-state index in [1.54, 1.807) is 0 Å². The summed E-state index contributed by atoms with van der Waals surface area (Å²) in [5.74, 6) is 2.93. The average molecular weight is 252 g/mol. The van der Waals surface area contributed by atoms with Gasteiger partial charge in [0.2, 0.25) is 0 Å². The maximum Gasteiger partial charge on any atom is 0.410 e. The summed E-state index contributed by atoms with van der Waals surface area (Å²) < 4.78 is 5.48. The minimum absolute atomic E-state index is 0.123. The third kappa shape index (κ3) is 1.91. The number of carbonyl (C=O) groups is 1. The monoisotopic (exact) mass is 252 g/mol. The Morgan fingerprint density at radius 2 is 2.11 bits per heavy atom. The fraction of sp³-hybridized carbons (Fsp3) is 0.929. The summed E-state index contributed by atoms with van der Waals surface area (Å²) in [6.45, 7) is 7.49. The molecule has 4 nitrogen and oxygen atoms in total. The summed E-state index contributed by atoms with van der Waals surface area (Å²) in [7, 11) is 0. The van der Waals surface area contributed by atoms with E-state index in [0.29, 0.717) is 17.9 Å². The molecule has 1 amide bonds. The van der Waals surface area contributed by atoms with E-state index in [2.05, 4.69) is 0 Å². The minimum atomic E-state index is -0.390. The second-order valence-corrected chi connectivity index (χ2v) is 7.17. The first kappa shape index (κ1) is 12.3. The standard InChI is InChI=1S/C14H24N2O2/c1-14(2,3)18-13(17)16-7-9-5-11(16)12(9)10-4-8(10)6-15/h8-12H,4-7,15H2,1-3H3/t8-,9-,10+,11-,12?/m0/s1. The first-order valence-corrected chi connectivity index (χ1v) is 7.10. The van der Waals surface area contributed by atoms with Crippen LogP contribution in [0.2, 0.25) is 0 Å². The molecule has 5 atom stereocenters. The Labute approximate surface area is 109 Å². The molecule has 0 aromatic heterocycles. The molecule has 2 heterocycles. The molecule has 18 heavy (non-hydrogen) atoms. The first-order valence-electron chi connectivity index (χ1n) is 7.10. The van der Waals surface area contributed by atoms with Crippen LogP contribution in [0.15, 0.2) is 0 Å². The molecule has 0 aromatic carbocycles. The van der Waals surface area contributed by atoms with Crippen molar-refractivity contribution in [2.75, 3.05) is 13.1 Å². The van der Waals surface area contributed by atoms with Crippen LogP contribution in [-0.2, 0) is 4.74 Å². The highest BCUT2D eigenvalue weighted by Gasteiger charge is 2.61. The lowest BCUT2D eigenvalue weighted by atomic mass is 9.70. The molecule has 4 rings (SSSR count). The van der Waals surface area contributed by atoms with Gasteiger partial charge >= 0.3 is 6.09 Å². The smallest absolute Gasteiger partial charge is 0.410 e. The van der Waals surface area contributed by atoms with Crippen molar-refractivity contribution in [1.82, 2.24) is 4.90 Å². The molecule has 102 valence electrons. The Hall–Kier alpha value is -0.770. The SMILES string of the molecule is CC(C)(C)OC(=O)N1C[C@@H]2C[C@H]1C2[C@@H]1C[C@H]1CN. The van der Waals surface area contributed by atoms with Gasteiger partial charge in [-0.25, -0.2) is 4.79 Å². The van der Waals surface area contributed by atoms with E-state index in [-0.39, 0.29) is 11.7 Å². The van der Waals surface area contributed by atoms with Crippen molar-refractivity contribution in [3.63, 3.8) is 0 Å². The Balaban J connectivity index is 1.60. The van der Waals surface area contributed by atoms with Gasteiger partial charge in [0.1, 0.15) is 5.60 Å². The molecular weight excluding hydrogens is 228 g/mol. The van der Waals surface area contributed by atoms with Crippen LogP contribution < -0.4 is 5.73 Å². The van der Waals surface area contributed by atoms with Crippen molar-refractivity contribution in [2.24, 2.45) is 29.4 Å². The Bertz CT molecular complexity index is 363. The highest BCUT2D eigenvalue weighted by molar-refractivity contribution is 5.69. The summed E-state index contributed by atoms with van der Waals surface area (Å²) >= 11 is 0. The minimum Gasteiger partial charge on any atom is -0.444 e. The first-order chi connectivity index (χ1) is 8.40. The van der Waals surface area contributed by atoms with Crippen molar-refractivity contribution in [1.29, 1.82) is 0 Å². The van der Waals surface area contributed by atoms with E-state index in [0.717, 1.165) is 24.9 Å². The molecule has 2 saturated heterocycles. The van der Waals surface area contributed by atoms with Crippen LogP contribution in [0.4, 0.5) is 4.79 Å². The van der Waals surface area contributed by atoms with Crippen molar-refractivity contribution in [3.8, 4) is 0 Å².